The maximum Gasteiger partial charge on any atom is 0.336 e. The zero-order valence-electron chi connectivity index (χ0n) is 15.5. The van der Waals surface area contributed by atoms with Gasteiger partial charge in [0.05, 0.1) is 34.8 Å². The summed E-state index contributed by atoms with van der Waals surface area (Å²) >= 11 is 2.96. The Morgan fingerprint density at radius 1 is 1.36 bits per heavy atom. The molecule has 0 radical (unpaired) electrons. The summed E-state index contributed by atoms with van der Waals surface area (Å²) in [7, 11) is 0. The highest BCUT2D eigenvalue weighted by atomic mass is 32.2. The molecule has 1 aliphatic heterocycles. The molecular formula is C21H19FN2O2S2. The Bertz CT molecular complexity index is 957. The van der Waals surface area contributed by atoms with Gasteiger partial charge >= 0.3 is 5.97 Å². The van der Waals surface area contributed by atoms with E-state index in [0.717, 1.165) is 10.4 Å². The van der Waals surface area contributed by atoms with Crippen molar-refractivity contribution >= 4 is 29.1 Å². The molecule has 4 nitrogen and oxygen atoms in total. The van der Waals surface area contributed by atoms with Crippen LogP contribution in [0.5, 0.6) is 0 Å². The van der Waals surface area contributed by atoms with E-state index in [1.165, 1.54) is 35.2 Å². The molecule has 28 heavy (non-hydrogen) atoms. The van der Waals surface area contributed by atoms with Crippen molar-refractivity contribution in [2.45, 2.75) is 25.5 Å². The van der Waals surface area contributed by atoms with Crippen LogP contribution in [0.2, 0.25) is 0 Å². The molecule has 0 aliphatic carbocycles. The van der Waals surface area contributed by atoms with Gasteiger partial charge in [-0.05, 0) is 43.0 Å². The number of hydrogen-bond donors (Lipinski definition) is 1. The molecule has 0 amide bonds. The number of allylic oxidation sites excluding steroid dienone is 2. The van der Waals surface area contributed by atoms with Gasteiger partial charge in [0.2, 0.25) is 0 Å². The second-order valence-corrected chi connectivity index (χ2v) is 8.07. The topological polar surface area (TPSA) is 62.1 Å². The van der Waals surface area contributed by atoms with E-state index in [9.17, 15) is 14.4 Å². The zero-order valence-corrected chi connectivity index (χ0v) is 17.1. The van der Waals surface area contributed by atoms with E-state index in [1.54, 1.807) is 19.1 Å². The number of nitrogens with zero attached hydrogens (tertiary/aromatic N) is 1. The van der Waals surface area contributed by atoms with E-state index in [2.05, 4.69) is 11.4 Å². The number of hydrogen-bond acceptors (Lipinski definition) is 6. The minimum Gasteiger partial charge on any atom is -0.463 e. The van der Waals surface area contributed by atoms with Gasteiger partial charge in [-0.1, -0.05) is 18.2 Å². The van der Waals surface area contributed by atoms with Crippen LogP contribution in [-0.2, 0) is 15.3 Å². The summed E-state index contributed by atoms with van der Waals surface area (Å²) in [6.07, 6.45) is 0. The molecule has 2 aromatic rings. The summed E-state index contributed by atoms with van der Waals surface area (Å²) in [6.45, 7) is 3.85. The van der Waals surface area contributed by atoms with Gasteiger partial charge in [0.1, 0.15) is 5.82 Å². The molecule has 1 atom stereocenters. The number of carbonyl (C=O) groups excluding carboxylic acids is 1. The van der Waals surface area contributed by atoms with E-state index in [0.29, 0.717) is 27.6 Å². The Labute approximate surface area is 171 Å². The third-order valence-corrected chi connectivity index (χ3v) is 6.29. The molecule has 3 rings (SSSR count). The Morgan fingerprint density at radius 2 is 2.11 bits per heavy atom. The van der Waals surface area contributed by atoms with Crippen LogP contribution in [0.1, 0.15) is 30.2 Å². The molecule has 0 fully saturated rings. The predicted octanol–water partition coefficient (Wildman–Crippen LogP) is 5.08. The van der Waals surface area contributed by atoms with Crippen LogP contribution in [-0.4, -0.2) is 12.6 Å². The summed E-state index contributed by atoms with van der Waals surface area (Å²) in [6, 6.07) is 12.4. The molecule has 1 aromatic heterocycles. The average molecular weight is 415 g/mol. The Morgan fingerprint density at radius 3 is 2.71 bits per heavy atom. The highest BCUT2D eigenvalue weighted by Crippen LogP contribution is 2.43. The fraction of sp³-hybridized carbons (Fsp3) is 0.238. The van der Waals surface area contributed by atoms with Gasteiger partial charge in [0.25, 0.3) is 0 Å². The zero-order chi connectivity index (χ0) is 20.1. The molecule has 0 saturated heterocycles. The Balaban J connectivity index is 1.95. The van der Waals surface area contributed by atoms with Crippen LogP contribution >= 0.6 is 23.1 Å². The number of nitrogens with one attached hydrogen (secondary N) is 1. The molecule has 144 valence electrons. The smallest absolute Gasteiger partial charge is 0.336 e. The number of thiophene rings is 1. The lowest BCUT2D eigenvalue weighted by atomic mass is 9.87. The Hall–Kier alpha value is -2.56. The van der Waals surface area contributed by atoms with E-state index < -0.39 is 11.9 Å². The number of dihydropyridines is 1. The number of rotatable bonds is 6. The number of thioether (sulfide) groups is 1. The van der Waals surface area contributed by atoms with Crippen LogP contribution in [0.3, 0.4) is 0 Å². The highest BCUT2D eigenvalue weighted by Gasteiger charge is 2.35. The van der Waals surface area contributed by atoms with Gasteiger partial charge in [-0.25, -0.2) is 9.18 Å². The van der Waals surface area contributed by atoms with Gasteiger partial charge < -0.3 is 10.1 Å². The first-order valence-electron chi connectivity index (χ1n) is 8.75. The first kappa shape index (κ1) is 20.2. The SMILES string of the molecule is CCOC(=O)C1=C(C)NC(SCc2ccc(F)cc2)=C(C#N)[C@H]1c1cccs1. The lowest BCUT2D eigenvalue weighted by Gasteiger charge is -2.28. The molecule has 1 aromatic carbocycles. The van der Waals surface area contributed by atoms with Crippen LogP contribution in [0.4, 0.5) is 4.39 Å². The number of halogens is 1. The summed E-state index contributed by atoms with van der Waals surface area (Å²) in [5.41, 5.74) is 2.58. The molecule has 1 N–H and O–H groups in total. The van der Waals surface area contributed by atoms with Crippen molar-refractivity contribution in [3.63, 3.8) is 0 Å². The molecule has 0 bridgehead atoms. The molecule has 7 heteroatoms. The fourth-order valence-electron chi connectivity index (χ4n) is 2.98. The third-order valence-electron chi connectivity index (χ3n) is 4.27. The third kappa shape index (κ3) is 4.29. The van der Waals surface area contributed by atoms with Crippen molar-refractivity contribution in [3.05, 3.63) is 79.9 Å². The average Bonchev–Trinajstić information content (AvgIpc) is 3.21. The van der Waals surface area contributed by atoms with Crippen molar-refractivity contribution < 1.29 is 13.9 Å². The normalized spacial score (nSPS) is 16.6. The quantitative estimate of drug-likeness (QED) is 0.668. The lowest BCUT2D eigenvalue weighted by Crippen LogP contribution is -2.28. The maximum absolute atomic E-state index is 13.1. The van der Waals surface area contributed by atoms with Gasteiger partial charge in [0, 0.05) is 16.3 Å². The minimum absolute atomic E-state index is 0.268. The van der Waals surface area contributed by atoms with E-state index in [-0.39, 0.29) is 12.4 Å². The van der Waals surface area contributed by atoms with Gasteiger partial charge in [0.15, 0.2) is 0 Å². The standard InChI is InChI=1S/C21H19FN2O2S2/c1-3-26-21(25)18-13(2)24-20(28-12-14-6-8-15(22)9-7-14)16(11-23)19(18)17-5-4-10-27-17/h4-10,19,24H,3,12H2,1-2H3/t19-/m0/s1. The van der Waals surface area contributed by atoms with E-state index >= 15 is 0 Å². The number of nitriles is 1. The first-order chi connectivity index (χ1) is 13.5. The molecule has 1 aliphatic rings. The van der Waals surface area contributed by atoms with Crippen molar-refractivity contribution in [1.82, 2.24) is 5.32 Å². The van der Waals surface area contributed by atoms with E-state index in [4.69, 9.17) is 4.74 Å². The second kappa shape index (κ2) is 9.09. The largest absolute Gasteiger partial charge is 0.463 e. The van der Waals surface area contributed by atoms with Crippen molar-refractivity contribution in [1.29, 1.82) is 5.26 Å². The van der Waals surface area contributed by atoms with Crippen LogP contribution in [0, 0.1) is 17.1 Å². The monoisotopic (exact) mass is 414 g/mol. The van der Waals surface area contributed by atoms with Crippen molar-refractivity contribution in [2.24, 2.45) is 0 Å². The van der Waals surface area contributed by atoms with Crippen molar-refractivity contribution in [2.75, 3.05) is 6.61 Å². The molecule has 2 heterocycles. The van der Waals surface area contributed by atoms with Crippen LogP contribution in [0.15, 0.2) is 63.7 Å². The van der Waals surface area contributed by atoms with Gasteiger partial charge in [-0.15, -0.1) is 23.1 Å². The highest BCUT2D eigenvalue weighted by molar-refractivity contribution is 8.02. The molecular weight excluding hydrogens is 395 g/mol. The minimum atomic E-state index is -0.457. The fourth-order valence-corrected chi connectivity index (χ4v) is 4.87. The number of esters is 1. The molecule has 0 saturated carbocycles. The summed E-state index contributed by atoms with van der Waals surface area (Å²) in [5, 5.41) is 15.7. The lowest BCUT2D eigenvalue weighted by molar-refractivity contribution is -0.138. The van der Waals surface area contributed by atoms with E-state index in [1.807, 2.05) is 24.4 Å². The summed E-state index contributed by atoms with van der Waals surface area (Å²) in [4.78, 5) is 13.5. The van der Waals surface area contributed by atoms with Crippen LogP contribution < -0.4 is 5.32 Å². The summed E-state index contributed by atoms with van der Waals surface area (Å²) < 4.78 is 18.4. The second-order valence-electron chi connectivity index (χ2n) is 6.10. The number of carbonyl (C=O) groups is 1. The predicted molar refractivity (Wildman–Crippen MR) is 110 cm³/mol. The number of ether oxygens (including phenoxy) is 1. The van der Waals surface area contributed by atoms with Crippen LogP contribution in [0.25, 0.3) is 0 Å². The Kier molecular flexibility index (Phi) is 6.55. The summed E-state index contributed by atoms with van der Waals surface area (Å²) in [5.74, 6) is -0.577. The van der Waals surface area contributed by atoms with Gasteiger partial charge in [-0.3, -0.25) is 0 Å². The molecule has 0 unspecified atom stereocenters. The van der Waals surface area contributed by atoms with Crippen molar-refractivity contribution in [3.8, 4) is 6.07 Å². The van der Waals surface area contributed by atoms with Gasteiger partial charge in [-0.2, -0.15) is 5.26 Å². The maximum atomic E-state index is 13.1. The first-order valence-corrected chi connectivity index (χ1v) is 10.6. The number of benzene rings is 1. The molecule has 0 spiro atoms.